The van der Waals surface area contributed by atoms with Gasteiger partial charge in [0.15, 0.2) is 0 Å². The van der Waals surface area contributed by atoms with E-state index in [4.69, 9.17) is 19.7 Å². The lowest BCUT2D eigenvalue weighted by molar-refractivity contribution is -0.138. The van der Waals surface area contributed by atoms with Crippen LogP contribution in [0.4, 0.5) is 0 Å². The summed E-state index contributed by atoms with van der Waals surface area (Å²) >= 11 is 3.47. The number of hydrogen-bond acceptors (Lipinski definition) is 6. The Morgan fingerprint density at radius 1 is 0.556 bits per heavy atom. The van der Waals surface area contributed by atoms with E-state index in [1.807, 2.05) is 48.5 Å². The van der Waals surface area contributed by atoms with E-state index >= 15 is 0 Å². The lowest BCUT2D eigenvalue weighted by Gasteiger charge is -2.06. The second-order valence-corrected chi connectivity index (χ2v) is 10.2. The second-order valence-electron chi connectivity index (χ2n) is 8.07. The van der Waals surface area contributed by atoms with Gasteiger partial charge in [0.1, 0.15) is 11.5 Å². The summed E-state index contributed by atoms with van der Waals surface area (Å²) in [6.07, 6.45) is 1.19. The van der Waals surface area contributed by atoms with Crippen LogP contribution in [0.25, 0.3) is 30.6 Å². The SMILES string of the molecule is O=C(O)CCCOc1ccc(-c2ccc(-c3ccc(-c4ccc(OCCCC(=O)O)cc4)s3)s2)cc1. The van der Waals surface area contributed by atoms with Crippen molar-refractivity contribution in [1.82, 2.24) is 0 Å². The van der Waals surface area contributed by atoms with Crippen molar-refractivity contribution >= 4 is 34.6 Å². The van der Waals surface area contributed by atoms with Crippen molar-refractivity contribution in [3.63, 3.8) is 0 Å². The molecule has 36 heavy (non-hydrogen) atoms. The summed E-state index contributed by atoms with van der Waals surface area (Å²) in [7, 11) is 0. The molecule has 0 fully saturated rings. The molecule has 0 unspecified atom stereocenters. The topological polar surface area (TPSA) is 93.1 Å². The molecule has 0 aliphatic rings. The van der Waals surface area contributed by atoms with Gasteiger partial charge in [-0.25, -0.2) is 0 Å². The van der Waals surface area contributed by atoms with Crippen molar-refractivity contribution in [2.45, 2.75) is 25.7 Å². The molecule has 0 amide bonds. The molecule has 2 aromatic heterocycles. The van der Waals surface area contributed by atoms with Gasteiger partial charge in [0.05, 0.1) is 13.2 Å². The van der Waals surface area contributed by atoms with Gasteiger partial charge in [-0.05, 0) is 96.8 Å². The first-order chi connectivity index (χ1) is 17.5. The fourth-order valence-electron chi connectivity index (χ4n) is 3.51. The fraction of sp³-hybridized carbons (Fsp3) is 0.214. The molecule has 0 radical (unpaired) electrons. The van der Waals surface area contributed by atoms with Crippen molar-refractivity contribution in [2.75, 3.05) is 13.2 Å². The molecule has 186 valence electrons. The van der Waals surface area contributed by atoms with Gasteiger partial charge in [-0.2, -0.15) is 0 Å². The Bertz CT molecular complexity index is 1190. The van der Waals surface area contributed by atoms with Gasteiger partial charge >= 0.3 is 11.9 Å². The lowest BCUT2D eigenvalue weighted by Crippen LogP contribution is -2.01. The molecule has 4 aromatic rings. The maximum atomic E-state index is 10.6. The maximum Gasteiger partial charge on any atom is 0.303 e. The zero-order valence-corrected chi connectivity index (χ0v) is 21.1. The fourth-order valence-corrected chi connectivity index (χ4v) is 5.62. The third kappa shape index (κ3) is 7.19. The quantitative estimate of drug-likeness (QED) is 0.179. The number of carbonyl (C=O) groups is 2. The largest absolute Gasteiger partial charge is 0.494 e. The van der Waals surface area contributed by atoms with Gasteiger partial charge < -0.3 is 19.7 Å². The Balaban J connectivity index is 1.34. The second kappa shape index (κ2) is 12.4. The lowest BCUT2D eigenvalue weighted by atomic mass is 10.2. The zero-order chi connectivity index (χ0) is 25.3. The summed E-state index contributed by atoms with van der Waals surface area (Å²) in [5.41, 5.74) is 2.22. The van der Waals surface area contributed by atoms with E-state index in [0.717, 1.165) is 22.6 Å². The van der Waals surface area contributed by atoms with Gasteiger partial charge in [-0.1, -0.05) is 0 Å². The molecule has 2 N–H and O–H groups in total. The van der Waals surface area contributed by atoms with E-state index < -0.39 is 11.9 Å². The highest BCUT2D eigenvalue weighted by atomic mass is 32.1. The highest BCUT2D eigenvalue weighted by molar-refractivity contribution is 7.25. The molecule has 2 heterocycles. The normalized spacial score (nSPS) is 10.8. The molecule has 8 heteroatoms. The van der Waals surface area contributed by atoms with Crippen LogP contribution in [0.15, 0.2) is 72.8 Å². The molecule has 0 saturated carbocycles. The predicted molar refractivity (Wildman–Crippen MR) is 143 cm³/mol. The summed E-state index contributed by atoms with van der Waals surface area (Å²) in [4.78, 5) is 25.9. The minimum absolute atomic E-state index is 0.108. The highest BCUT2D eigenvalue weighted by Crippen LogP contribution is 2.40. The van der Waals surface area contributed by atoms with Gasteiger partial charge in [0.2, 0.25) is 0 Å². The Morgan fingerprint density at radius 3 is 1.28 bits per heavy atom. The number of carboxylic acids is 2. The van der Waals surface area contributed by atoms with Crippen molar-refractivity contribution in [1.29, 1.82) is 0 Å². The molecule has 0 aliphatic carbocycles. The first kappa shape index (κ1) is 25.5. The van der Waals surface area contributed by atoms with Gasteiger partial charge in [-0.15, -0.1) is 22.7 Å². The number of aliphatic carboxylic acids is 2. The first-order valence-electron chi connectivity index (χ1n) is 11.6. The smallest absolute Gasteiger partial charge is 0.303 e. The molecule has 0 aliphatic heterocycles. The molecule has 6 nitrogen and oxygen atoms in total. The van der Waals surface area contributed by atoms with E-state index in [1.54, 1.807) is 22.7 Å². The van der Waals surface area contributed by atoms with Crippen LogP contribution in [0.1, 0.15) is 25.7 Å². The Hall–Kier alpha value is -3.62. The Morgan fingerprint density at radius 2 is 0.917 bits per heavy atom. The highest BCUT2D eigenvalue weighted by Gasteiger charge is 2.10. The van der Waals surface area contributed by atoms with Crippen LogP contribution in [-0.4, -0.2) is 35.4 Å². The van der Waals surface area contributed by atoms with Crippen molar-refractivity contribution < 1.29 is 29.3 Å². The van der Waals surface area contributed by atoms with Crippen molar-refractivity contribution in [2.24, 2.45) is 0 Å². The molecule has 0 saturated heterocycles. The summed E-state index contributed by atoms with van der Waals surface area (Å²) < 4.78 is 11.2. The van der Waals surface area contributed by atoms with Crippen molar-refractivity contribution in [3.05, 3.63) is 72.8 Å². The predicted octanol–water partition coefficient (Wildman–Crippen LogP) is 7.30. The van der Waals surface area contributed by atoms with Crippen LogP contribution < -0.4 is 9.47 Å². The molecule has 0 spiro atoms. The minimum atomic E-state index is -0.811. The van der Waals surface area contributed by atoms with Crippen LogP contribution in [0, 0.1) is 0 Å². The summed E-state index contributed by atoms with van der Waals surface area (Å²) in [6, 6.07) is 24.3. The van der Waals surface area contributed by atoms with Crippen LogP contribution in [0.3, 0.4) is 0 Å². The molecular formula is C28H26O6S2. The Kier molecular flexibility index (Phi) is 8.76. The van der Waals surface area contributed by atoms with E-state index in [2.05, 4.69) is 24.3 Å². The van der Waals surface area contributed by atoms with Crippen LogP contribution >= 0.6 is 22.7 Å². The summed E-state index contributed by atoms with van der Waals surface area (Å²) in [5.74, 6) is -0.148. The summed E-state index contributed by atoms with van der Waals surface area (Å²) in [5, 5.41) is 17.4. The number of benzene rings is 2. The number of carboxylic acid groups (broad SMARTS) is 2. The number of thiophene rings is 2. The molecule has 4 rings (SSSR count). The van der Waals surface area contributed by atoms with E-state index in [0.29, 0.717) is 26.1 Å². The number of hydrogen-bond donors (Lipinski definition) is 2. The molecule has 0 bridgehead atoms. The Labute approximate surface area is 217 Å². The van der Waals surface area contributed by atoms with E-state index in [9.17, 15) is 9.59 Å². The standard InChI is InChI=1S/C28H26O6S2/c29-27(30)3-1-17-33-21-9-5-19(6-10-21)23-13-15-25(35-23)26-16-14-24(36-26)20-7-11-22(12-8-20)34-18-2-4-28(31)32/h5-16H,1-4,17-18H2,(H,29,30)(H,31,32). The first-order valence-corrected chi connectivity index (χ1v) is 13.2. The molecule has 2 aromatic carbocycles. The third-order valence-electron chi connectivity index (χ3n) is 5.34. The zero-order valence-electron chi connectivity index (χ0n) is 19.5. The van der Waals surface area contributed by atoms with E-state index in [-0.39, 0.29) is 12.8 Å². The monoisotopic (exact) mass is 522 g/mol. The molecule has 0 atom stereocenters. The summed E-state index contributed by atoms with van der Waals surface area (Å²) in [6.45, 7) is 0.774. The van der Waals surface area contributed by atoms with Gasteiger partial charge in [-0.3, -0.25) is 9.59 Å². The maximum absolute atomic E-state index is 10.6. The van der Waals surface area contributed by atoms with Crippen LogP contribution in [-0.2, 0) is 9.59 Å². The number of ether oxygens (including phenoxy) is 2. The molecular weight excluding hydrogens is 496 g/mol. The minimum Gasteiger partial charge on any atom is -0.494 e. The average molecular weight is 523 g/mol. The van der Waals surface area contributed by atoms with Gasteiger partial charge in [0, 0.05) is 32.4 Å². The van der Waals surface area contributed by atoms with Gasteiger partial charge in [0.25, 0.3) is 0 Å². The number of rotatable bonds is 13. The van der Waals surface area contributed by atoms with Crippen LogP contribution in [0.2, 0.25) is 0 Å². The third-order valence-corrected chi connectivity index (χ3v) is 7.80. The van der Waals surface area contributed by atoms with Crippen molar-refractivity contribution in [3.8, 4) is 42.1 Å². The van der Waals surface area contributed by atoms with E-state index in [1.165, 1.54) is 19.5 Å². The van der Waals surface area contributed by atoms with Crippen LogP contribution in [0.5, 0.6) is 11.5 Å². The average Bonchev–Trinajstić information content (AvgIpc) is 3.55.